The van der Waals surface area contributed by atoms with E-state index in [-0.39, 0.29) is 0 Å². The molecule has 6 heteroatoms. The van der Waals surface area contributed by atoms with Crippen LogP contribution in [-0.4, -0.2) is 70.6 Å². The Bertz CT molecular complexity index is 1520. The van der Waals surface area contributed by atoms with Gasteiger partial charge < -0.3 is 20.2 Å². The van der Waals surface area contributed by atoms with Gasteiger partial charge in [0.15, 0.2) is 0 Å². The monoisotopic (exact) mass is 504 g/mol. The molecule has 38 heavy (non-hydrogen) atoms. The summed E-state index contributed by atoms with van der Waals surface area (Å²) in [5.74, 6) is 0.884. The van der Waals surface area contributed by atoms with Crippen LogP contribution in [0.3, 0.4) is 0 Å². The van der Waals surface area contributed by atoms with E-state index in [0.29, 0.717) is 0 Å². The molecule has 5 aromatic rings. The Morgan fingerprint density at radius 2 is 1.58 bits per heavy atom. The number of hydrogen-bond donors (Lipinski definition) is 3. The fourth-order valence-corrected chi connectivity index (χ4v) is 6.24. The number of fused-ring (bicyclic) bond motifs is 2. The van der Waals surface area contributed by atoms with Crippen molar-refractivity contribution in [3.8, 4) is 22.3 Å². The summed E-state index contributed by atoms with van der Waals surface area (Å²) < 4.78 is 0. The molecule has 2 aliphatic rings. The third-order valence-corrected chi connectivity index (χ3v) is 8.53. The molecule has 0 atom stereocenters. The Labute approximate surface area is 224 Å². The number of pyridine rings is 1. The topological polar surface area (TPSA) is 63.0 Å². The standard InChI is InChI=1S/C32H36N6/c1-3-25(4-2-23(1)21-37-13-15-38(16-14-37)22-24-7-10-33-11-8-24)28-18-29-30(20-36-32(29)35-19-28)26-5-6-31-27(17-26)9-12-34-31/h1-6,9,12,17-20,24,33-34H,7-8,10-11,13-16,21-22H2,(H,35,36). The Morgan fingerprint density at radius 3 is 2.42 bits per heavy atom. The molecule has 5 heterocycles. The van der Waals surface area contributed by atoms with Gasteiger partial charge in [-0.25, -0.2) is 4.98 Å². The van der Waals surface area contributed by atoms with Crippen LogP contribution in [0.1, 0.15) is 18.4 Å². The minimum Gasteiger partial charge on any atom is -0.361 e. The predicted octanol–water partition coefficient (Wildman–Crippen LogP) is 5.50. The largest absolute Gasteiger partial charge is 0.361 e. The maximum absolute atomic E-state index is 4.74. The minimum atomic E-state index is 0.884. The van der Waals surface area contributed by atoms with Gasteiger partial charge in [-0.05, 0) is 78.2 Å². The first-order chi connectivity index (χ1) is 18.8. The molecule has 0 aliphatic carbocycles. The van der Waals surface area contributed by atoms with Gasteiger partial charge in [-0.3, -0.25) is 4.90 Å². The number of nitrogens with zero attached hydrogens (tertiary/aromatic N) is 3. The fourth-order valence-electron chi connectivity index (χ4n) is 6.24. The van der Waals surface area contributed by atoms with E-state index in [4.69, 9.17) is 4.98 Å². The smallest absolute Gasteiger partial charge is 0.137 e. The highest BCUT2D eigenvalue weighted by atomic mass is 15.3. The van der Waals surface area contributed by atoms with Gasteiger partial charge in [-0.15, -0.1) is 0 Å². The normalized spacial score (nSPS) is 18.0. The molecule has 0 saturated carbocycles. The number of piperazine rings is 1. The van der Waals surface area contributed by atoms with Crippen LogP contribution in [0.2, 0.25) is 0 Å². The second kappa shape index (κ2) is 10.4. The lowest BCUT2D eigenvalue weighted by Crippen LogP contribution is -2.48. The first kappa shape index (κ1) is 23.7. The maximum atomic E-state index is 4.74. The summed E-state index contributed by atoms with van der Waals surface area (Å²) >= 11 is 0. The molecule has 2 fully saturated rings. The third-order valence-electron chi connectivity index (χ3n) is 8.53. The summed E-state index contributed by atoms with van der Waals surface area (Å²) in [5, 5.41) is 5.87. The predicted molar refractivity (Wildman–Crippen MR) is 156 cm³/mol. The summed E-state index contributed by atoms with van der Waals surface area (Å²) in [6.07, 6.45) is 8.72. The van der Waals surface area contributed by atoms with Gasteiger partial charge in [-0.2, -0.15) is 0 Å². The van der Waals surface area contributed by atoms with Gasteiger partial charge in [0.1, 0.15) is 5.65 Å². The average molecular weight is 505 g/mol. The molecular weight excluding hydrogens is 468 g/mol. The Morgan fingerprint density at radius 1 is 0.789 bits per heavy atom. The van der Waals surface area contributed by atoms with Crippen LogP contribution in [0.25, 0.3) is 44.2 Å². The SMILES string of the molecule is c1cc2cc(-c3c[nH]c4ncc(-c5ccc(CN6CCN(CC7CCNCC7)CC6)cc5)cc34)ccc2[nH]1. The van der Waals surface area contributed by atoms with E-state index in [2.05, 4.69) is 85.9 Å². The first-order valence-corrected chi connectivity index (χ1v) is 14.1. The van der Waals surface area contributed by atoms with Gasteiger partial charge in [0.05, 0.1) is 0 Å². The number of aromatic amines is 2. The van der Waals surface area contributed by atoms with E-state index >= 15 is 0 Å². The molecule has 0 radical (unpaired) electrons. The highest BCUT2D eigenvalue weighted by Crippen LogP contribution is 2.32. The maximum Gasteiger partial charge on any atom is 0.137 e. The molecule has 3 aromatic heterocycles. The Hall–Kier alpha value is -3.45. The summed E-state index contributed by atoms with van der Waals surface area (Å²) in [6.45, 7) is 9.43. The number of nitrogens with one attached hydrogen (secondary N) is 3. The molecular formula is C32H36N6. The van der Waals surface area contributed by atoms with Crippen LogP contribution in [0.15, 0.2) is 73.2 Å². The van der Waals surface area contributed by atoms with Gasteiger partial charge >= 0.3 is 0 Å². The third kappa shape index (κ3) is 4.87. The first-order valence-electron chi connectivity index (χ1n) is 14.1. The number of benzene rings is 2. The second-order valence-corrected chi connectivity index (χ2v) is 11.1. The second-order valence-electron chi connectivity index (χ2n) is 11.1. The lowest BCUT2D eigenvalue weighted by atomic mass is 9.97. The van der Waals surface area contributed by atoms with Gasteiger partial charge in [-0.1, -0.05) is 30.3 Å². The quantitative estimate of drug-likeness (QED) is 0.286. The summed E-state index contributed by atoms with van der Waals surface area (Å²) in [7, 11) is 0. The van der Waals surface area contributed by atoms with Crippen LogP contribution < -0.4 is 5.32 Å². The molecule has 0 amide bonds. The summed E-state index contributed by atoms with van der Waals surface area (Å²) in [4.78, 5) is 16.7. The molecule has 2 aromatic carbocycles. The van der Waals surface area contributed by atoms with Crippen LogP contribution >= 0.6 is 0 Å². The zero-order valence-corrected chi connectivity index (χ0v) is 21.9. The zero-order valence-electron chi connectivity index (χ0n) is 21.9. The van der Waals surface area contributed by atoms with E-state index in [1.54, 1.807) is 0 Å². The number of aromatic nitrogens is 3. The highest BCUT2D eigenvalue weighted by molar-refractivity contribution is 5.98. The van der Waals surface area contributed by atoms with Crippen molar-refractivity contribution >= 4 is 21.9 Å². The van der Waals surface area contributed by atoms with Crippen molar-refractivity contribution < 1.29 is 0 Å². The van der Waals surface area contributed by atoms with Crippen LogP contribution in [0, 0.1) is 5.92 Å². The highest BCUT2D eigenvalue weighted by Gasteiger charge is 2.21. The molecule has 0 bridgehead atoms. The lowest BCUT2D eigenvalue weighted by molar-refractivity contribution is 0.107. The molecule has 3 N–H and O–H groups in total. The van der Waals surface area contributed by atoms with Gasteiger partial charge in [0, 0.05) is 79.9 Å². The van der Waals surface area contributed by atoms with Crippen molar-refractivity contribution in [1.82, 2.24) is 30.1 Å². The Kier molecular flexibility index (Phi) is 6.45. The molecule has 0 unspecified atom stereocenters. The molecule has 2 saturated heterocycles. The van der Waals surface area contributed by atoms with Crippen molar-refractivity contribution in [3.63, 3.8) is 0 Å². The van der Waals surface area contributed by atoms with E-state index in [0.717, 1.165) is 47.7 Å². The van der Waals surface area contributed by atoms with E-state index in [9.17, 15) is 0 Å². The van der Waals surface area contributed by atoms with Crippen molar-refractivity contribution in [1.29, 1.82) is 0 Å². The van der Waals surface area contributed by atoms with Crippen LogP contribution in [-0.2, 0) is 6.54 Å². The fraction of sp³-hybridized carbons (Fsp3) is 0.344. The van der Waals surface area contributed by atoms with Crippen LogP contribution in [0.5, 0.6) is 0 Å². The van der Waals surface area contributed by atoms with Crippen molar-refractivity contribution in [2.45, 2.75) is 19.4 Å². The van der Waals surface area contributed by atoms with Gasteiger partial charge in [0.2, 0.25) is 0 Å². The minimum absolute atomic E-state index is 0.884. The number of piperidine rings is 1. The molecule has 194 valence electrons. The van der Waals surface area contributed by atoms with E-state index in [1.807, 2.05) is 12.4 Å². The van der Waals surface area contributed by atoms with Crippen molar-refractivity contribution in [2.24, 2.45) is 5.92 Å². The molecule has 2 aliphatic heterocycles. The number of rotatable bonds is 6. The summed E-state index contributed by atoms with van der Waals surface area (Å²) in [6, 6.07) is 20.0. The lowest BCUT2D eigenvalue weighted by Gasteiger charge is -2.37. The van der Waals surface area contributed by atoms with Crippen molar-refractivity contribution in [2.75, 3.05) is 45.8 Å². The zero-order chi connectivity index (χ0) is 25.3. The molecule has 0 spiro atoms. The molecule has 7 rings (SSSR count). The van der Waals surface area contributed by atoms with Crippen LogP contribution in [0.4, 0.5) is 0 Å². The van der Waals surface area contributed by atoms with E-state index < -0.39 is 0 Å². The number of hydrogen-bond acceptors (Lipinski definition) is 4. The van der Waals surface area contributed by atoms with E-state index in [1.165, 1.54) is 73.2 Å². The number of H-pyrrole nitrogens is 2. The Balaban J connectivity index is 1.02. The summed E-state index contributed by atoms with van der Waals surface area (Å²) in [5.41, 5.74) is 8.22. The average Bonchev–Trinajstić information content (AvgIpc) is 3.61. The van der Waals surface area contributed by atoms with Gasteiger partial charge in [0.25, 0.3) is 0 Å². The van der Waals surface area contributed by atoms with Crippen molar-refractivity contribution in [3.05, 3.63) is 78.8 Å². The molecule has 6 nitrogen and oxygen atoms in total.